The minimum absolute atomic E-state index is 0.0896. The van der Waals surface area contributed by atoms with Gasteiger partial charge in [0.25, 0.3) is 5.91 Å². The maximum Gasteiger partial charge on any atom is 0.258 e. The van der Waals surface area contributed by atoms with Crippen LogP contribution in [-0.4, -0.2) is 66.8 Å². The van der Waals surface area contributed by atoms with Crippen molar-refractivity contribution in [1.82, 2.24) is 15.1 Å². The van der Waals surface area contributed by atoms with Crippen molar-refractivity contribution in [2.45, 2.75) is 6.42 Å². The van der Waals surface area contributed by atoms with Crippen molar-refractivity contribution in [1.29, 1.82) is 0 Å². The van der Waals surface area contributed by atoms with Crippen LogP contribution in [0, 0.1) is 11.6 Å². The molecule has 2 heterocycles. The predicted octanol–water partition coefficient (Wildman–Crippen LogP) is 3.56. The smallest absolute Gasteiger partial charge is 0.258 e. The Morgan fingerprint density at radius 1 is 1.05 bits per heavy atom. The van der Waals surface area contributed by atoms with E-state index in [1.54, 1.807) is 37.4 Å². The monoisotopic (exact) mass is 534 g/mol. The molecule has 1 saturated heterocycles. The first-order chi connectivity index (χ1) is 18.8. The fourth-order valence-electron chi connectivity index (χ4n) is 4.56. The average Bonchev–Trinajstić information content (AvgIpc) is 3.29. The van der Waals surface area contributed by atoms with E-state index in [1.165, 1.54) is 17.0 Å². The average molecular weight is 535 g/mol. The van der Waals surface area contributed by atoms with E-state index in [1.807, 2.05) is 11.0 Å². The summed E-state index contributed by atoms with van der Waals surface area (Å²) < 4.78 is 32.5. The van der Waals surface area contributed by atoms with Crippen LogP contribution in [0.3, 0.4) is 0 Å². The van der Waals surface area contributed by atoms with Gasteiger partial charge >= 0.3 is 0 Å². The highest BCUT2D eigenvalue weighted by molar-refractivity contribution is 6.11. The van der Waals surface area contributed by atoms with Crippen molar-refractivity contribution in [2.24, 2.45) is 0 Å². The van der Waals surface area contributed by atoms with Gasteiger partial charge in [0.05, 0.1) is 30.8 Å². The SMILES string of the molecule is CN(C(=O)CN1CCOCC1)c1ccc(C(=O)Nc2n[nH]c3ccc(Cc4cc(F)cc(F)c4)cc23)c(N)c1. The fourth-order valence-corrected chi connectivity index (χ4v) is 4.56. The maximum atomic E-state index is 13.6. The summed E-state index contributed by atoms with van der Waals surface area (Å²) in [6.45, 7) is 2.88. The van der Waals surface area contributed by atoms with Crippen molar-refractivity contribution < 1.29 is 23.1 Å². The number of nitrogen functional groups attached to an aromatic ring is 1. The summed E-state index contributed by atoms with van der Waals surface area (Å²) in [5.41, 5.74) is 9.19. The summed E-state index contributed by atoms with van der Waals surface area (Å²) in [5.74, 6) is -1.54. The largest absolute Gasteiger partial charge is 0.398 e. The first-order valence-corrected chi connectivity index (χ1v) is 12.5. The van der Waals surface area contributed by atoms with Crippen molar-refractivity contribution in [2.75, 3.05) is 55.8 Å². The Hall–Kier alpha value is -4.35. The van der Waals surface area contributed by atoms with Crippen LogP contribution in [-0.2, 0) is 16.0 Å². The molecule has 11 heteroatoms. The van der Waals surface area contributed by atoms with Gasteiger partial charge < -0.3 is 20.7 Å². The third-order valence-corrected chi connectivity index (χ3v) is 6.69. The molecule has 5 rings (SSSR count). The number of nitrogens with zero attached hydrogens (tertiary/aromatic N) is 3. The number of anilines is 3. The number of aromatic nitrogens is 2. The lowest BCUT2D eigenvalue weighted by molar-refractivity contribution is -0.120. The van der Waals surface area contributed by atoms with Crippen LogP contribution in [0.4, 0.5) is 26.0 Å². The minimum Gasteiger partial charge on any atom is -0.398 e. The van der Waals surface area contributed by atoms with Gasteiger partial charge in [-0.15, -0.1) is 0 Å². The van der Waals surface area contributed by atoms with Crippen LogP contribution in [0.15, 0.2) is 54.6 Å². The van der Waals surface area contributed by atoms with E-state index in [0.29, 0.717) is 60.7 Å². The number of fused-ring (bicyclic) bond motifs is 1. The first kappa shape index (κ1) is 26.3. The lowest BCUT2D eigenvalue weighted by atomic mass is 10.0. The second-order valence-electron chi connectivity index (χ2n) is 9.47. The van der Waals surface area contributed by atoms with Gasteiger partial charge in [-0.1, -0.05) is 6.07 Å². The van der Waals surface area contributed by atoms with E-state index in [0.717, 1.165) is 11.6 Å². The molecule has 0 spiro atoms. The number of aromatic amines is 1. The van der Waals surface area contributed by atoms with Gasteiger partial charge in [0.1, 0.15) is 11.6 Å². The standard InChI is InChI=1S/C28H28F2N6O3/c1-35(26(37)16-36-6-8-39-9-7-36)21-3-4-22(24(31)15-21)28(38)32-27-23-13-17(2-5-25(23)33-34-27)10-18-11-19(29)14-20(30)12-18/h2-5,11-15H,6-10,16,31H2,1H3,(H2,32,33,34,38). The summed E-state index contributed by atoms with van der Waals surface area (Å²) in [6, 6.07) is 13.6. The van der Waals surface area contributed by atoms with E-state index in [9.17, 15) is 18.4 Å². The Bertz CT molecular complexity index is 1510. The number of halogens is 2. The molecule has 202 valence electrons. The molecule has 4 N–H and O–H groups in total. The molecule has 1 fully saturated rings. The lowest BCUT2D eigenvalue weighted by Crippen LogP contribution is -2.43. The zero-order chi connectivity index (χ0) is 27.5. The van der Waals surface area contributed by atoms with Crippen molar-refractivity contribution >= 4 is 39.9 Å². The maximum absolute atomic E-state index is 13.6. The molecule has 2 amide bonds. The second kappa shape index (κ2) is 11.2. The van der Waals surface area contributed by atoms with Gasteiger partial charge in [0.15, 0.2) is 5.82 Å². The van der Waals surface area contributed by atoms with Crippen molar-refractivity contribution in [3.05, 3.63) is 82.9 Å². The van der Waals surface area contributed by atoms with Crippen LogP contribution in [0.2, 0.25) is 0 Å². The second-order valence-corrected chi connectivity index (χ2v) is 9.47. The molecule has 0 atom stereocenters. The van der Waals surface area contributed by atoms with E-state index >= 15 is 0 Å². The summed E-state index contributed by atoms with van der Waals surface area (Å²) in [6.07, 6.45) is 0.301. The summed E-state index contributed by atoms with van der Waals surface area (Å²) in [7, 11) is 1.67. The van der Waals surface area contributed by atoms with Gasteiger partial charge in [0.2, 0.25) is 5.91 Å². The van der Waals surface area contributed by atoms with Crippen LogP contribution in [0.1, 0.15) is 21.5 Å². The molecule has 1 aliphatic heterocycles. The molecule has 4 aromatic rings. The number of carbonyl (C=O) groups excluding carboxylic acids is 2. The van der Waals surface area contributed by atoms with E-state index in [-0.39, 0.29) is 23.7 Å². The number of hydrogen-bond acceptors (Lipinski definition) is 6. The van der Waals surface area contributed by atoms with Crippen LogP contribution in [0.25, 0.3) is 10.9 Å². The zero-order valence-electron chi connectivity index (χ0n) is 21.3. The molecular weight excluding hydrogens is 506 g/mol. The molecule has 1 aliphatic rings. The Labute approximate surface area is 223 Å². The third-order valence-electron chi connectivity index (χ3n) is 6.69. The number of H-pyrrole nitrogens is 1. The Kier molecular flexibility index (Phi) is 7.53. The van der Waals surface area contributed by atoms with E-state index in [4.69, 9.17) is 10.5 Å². The number of carbonyl (C=O) groups is 2. The molecule has 0 bridgehead atoms. The van der Waals surface area contributed by atoms with Gasteiger partial charge in [-0.05, 0) is 60.0 Å². The summed E-state index contributed by atoms with van der Waals surface area (Å²) in [5, 5.41) is 10.5. The molecule has 3 aromatic carbocycles. The predicted molar refractivity (Wildman–Crippen MR) is 145 cm³/mol. The van der Waals surface area contributed by atoms with Crippen LogP contribution < -0.4 is 16.0 Å². The van der Waals surface area contributed by atoms with Crippen LogP contribution in [0.5, 0.6) is 0 Å². The topological polar surface area (TPSA) is 117 Å². The summed E-state index contributed by atoms with van der Waals surface area (Å²) >= 11 is 0. The highest BCUT2D eigenvalue weighted by Gasteiger charge is 2.20. The zero-order valence-corrected chi connectivity index (χ0v) is 21.3. The van der Waals surface area contributed by atoms with E-state index < -0.39 is 17.5 Å². The molecule has 1 aromatic heterocycles. The number of nitrogens with two attached hydrogens (primary N) is 1. The quantitative estimate of drug-likeness (QED) is 0.312. The van der Waals surface area contributed by atoms with Crippen LogP contribution >= 0.6 is 0 Å². The summed E-state index contributed by atoms with van der Waals surface area (Å²) in [4.78, 5) is 29.4. The van der Waals surface area contributed by atoms with Crippen molar-refractivity contribution in [3.63, 3.8) is 0 Å². The normalized spacial score (nSPS) is 13.9. The van der Waals surface area contributed by atoms with Gasteiger partial charge in [0, 0.05) is 43.0 Å². The van der Waals surface area contributed by atoms with Gasteiger partial charge in [-0.3, -0.25) is 19.6 Å². The molecule has 9 nitrogen and oxygen atoms in total. The lowest BCUT2D eigenvalue weighted by Gasteiger charge is -2.28. The number of hydrogen-bond donors (Lipinski definition) is 3. The molecule has 0 unspecified atom stereocenters. The Balaban J connectivity index is 1.29. The van der Waals surface area contributed by atoms with Gasteiger partial charge in [-0.2, -0.15) is 5.10 Å². The molecule has 39 heavy (non-hydrogen) atoms. The molecule has 0 aliphatic carbocycles. The number of likely N-dealkylation sites (N-methyl/N-ethyl adjacent to an activating group) is 1. The fraction of sp³-hybridized carbons (Fsp3) is 0.250. The number of benzene rings is 3. The first-order valence-electron chi connectivity index (χ1n) is 12.5. The highest BCUT2D eigenvalue weighted by Crippen LogP contribution is 2.26. The number of amides is 2. The Morgan fingerprint density at radius 2 is 1.79 bits per heavy atom. The molecule has 0 saturated carbocycles. The number of morpholine rings is 1. The van der Waals surface area contributed by atoms with Gasteiger partial charge in [-0.25, -0.2) is 8.78 Å². The number of rotatable bonds is 7. The molecule has 0 radical (unpaired) electrons. The highest BCUT2D eigenvalue weighted by atomic mass is 19.1. The number of ether oxygens (including phenoxy) is 1. The third kappa shape index (κ3) is 6.05. The minimum atomic E-state index is -0.640. The Morgan fingerprint density at radius 3 is 2.51 bits per heavy atom. The van der Waals surface area contributed by atoms with E-state index in [2.05, 4.69) is 15.5 Å². The molecular formula is C28H28F2N6O3. The van der Waals surface area contributed by atoms with Crippen molar-refractivity contribution in [3.8, 4) is 0 Å². The number of nitrogens with one attached hydrogen (secondary N) is 2.